The molecular weight excluding hydrogens is 448 g/mol. The smallest absolute Gasteiger partial charge is 0.408 e. The molecule has 2 aliphatic carbocycles. The van der Waals surface area contributed by atoms with E-state index in [4.69, 9.17) is 9.84 Å². The molecule has 0 spiro atoms. The second-order valence-corrected chi connectivity index (χ2v) is 9.01. The quantitative estimate of drug-likeness (QED) is 0.479. The predicted octanol–water partition coefficient (Wildman–Crippen LogP) is 3.76. The minimum absolute atomic E-state index is 0.0680. The first-order valence-electron chi connectivity index (χ1n) is 11.6. The van der Waals surface area contributed by atoms with Crippen molar-refractivity contribution in [2.45, 2.75) is 43.7 Å². The van der Waals surface area contributed by atoms with E-state index >= 15 is 0 Å². The van der Waals surface area contributed by atoms with Crippen LogP contribution in [0.25, 0.3) is 11.1 Å². The summed E-state index contributed by atoms with van der Waals surface area (Å²) in [5.74, 6) is -1.46. The number of hydrogen-bond donors (Lipinski definition) is 3. The van der Waals surface area contributed by atoms with E-state index in [2.05, 4.69) is 40.0 Å². The molecule has 9 heteroatoms. The Morgan fingerprint density at radius 3 is 2.29 bits per heavy atom. The lowest BCUT2D eigenvalue weighted by molar-refractivity contribution is -0.137. The number of alkyl carbamates (subject to hydrolysis) is 1. The molecular formula is C26H26N4O5. The maximum Gasteiger partial charge on any atom is 0.408 e. The van der Waals surface area contributed by atoms with Crippen LogP contribution in [-0.4, -0.2) is 45.0 Å². The highest BCUT2D eigenvalue weighted by molar-refractivity contribution is 6.00. The third kappa shape index (κ3) is 4.49. The number of carboxylic acids is 1. The first-order valence-corrected chi connectivity index (χ1v) is 11.6. The van der Waals surface area contributed by atoms with Gasteiger partial charge in [-0.05, 0) is 35.1 Å². The number of nitrogens with zero attached hydrogens (tertiary/aromatic N) is 2. The van der Waals surface area contributed by atoms with Gasteiger partial charge in [-0.15, -0.1) is 0 Å². The number of carboxylic acid groups (broad SMARTS) is 1. The summed E-state index contributed by atoms with van der Waals surface area (Å²) in [6, 6.07) is 16.2. The van der Waals surface area contributed by atoms with Crippen LogP contribution >= 0.6 is 0 Å². The van der Waals surface area contributed by atoms with Crippen LogP contribution in [0.3, 0.4) is 0 Å². The van der Waals surface area contributed by atoms with Crippen LogP contribution in [0.4, 0.5) is 10.5 Å². The molecule has 0 bridgehead atoms. The van der Waals surface area contributed by atoms with Crippen molar-refractivity contribution in [3.8, 4) is 11.1 Å². The number of anilines is 1. The molecule has 1 heterocycles. The Morgan fingerprint density at radius 2 is 1.66 bits per heavy atom. The van der Waals surface area contributed by atoms with Gasteiger partial charge in [0.1, 0.15) is 18.7 Å². The fraction of sp³-hybridized carbons (Fsp3) is 0.308. The zero-order chi connectivity index (χ0) is 24.4. The Labute approximate surface area is 202 Å². The maximum atomic E-state index is 13.2. The lowest BCUT2D eigenvalue weighted by atomic mass is 9.96. The lowest BCUT2D eigenvalue weighted by Gasteiger charge is -2.28. The van der Waals surface area contributed by atoms with Crippen LogP contribution in [0.1, 0.15) is 42.7 Å². The van der Waals surface area contributed by atoms with Crippen molar-refractivity contribution < 1.29 is 24.2 Å². The highest BCUT2D eigenvalue weighted by atomic mass is 16.5. The second-order valence-electron chi connectivity index (χ2n) is 9.01. The van der Waals surface area contributed by atoms with E-state index < -0.39 is 17.6 Å². The maximum absolute atomic E-state index is 13.2. The topological polar surface area (TPSA) is 123 Å². The number of fused-ring (bicyclic) bond motifs is 3. The molecule has 0 radical (unpaired) electrons. The molecule has 0 saturated heterocycles. The van der Waals surface area contributed by atoms with Crippen molar-refractivity contribution in [3.63, 3.8) is 0 Å². The minimum Gasteiger partial charge on any atom is -0.480 e. The van der Waals surface area contributed by atoms with E-state index in [0.717, 1.165) is 35.1 Å². The normalized spacial score (nSPS) is 15.8. The first kappa shape index (κ1) is 22.6. The predicted molar refractivity (Wildman–Crippen MR) is 128 cm³/mol. The van der Waals surface area contributed by atoms with Gasteiger partial charge in [0.2, 0.25) is 5.91 Å². The van der Waals surface area contributed by atoms with E-state index in [1.165, 1.54) is 17.1 Å². The van der Waals surface area contributed by atoms with Gasteiger partial charge in [-0.3, -0.25) is 14.3 Å². The minimum atomic E-state index is -1.09. The highest BCUT2D eigenvalue weighted by Crippen LogP contribution is 2.44. The summed E-state index contributed by atoms with van der Waals surface area (Å²) in [7, 11) is 0. The molecule has 2 amide bonds. The van der Waals surface area contributed by atoms with Crippen LogP contribution in [0, 0.1) is 0 Å². The van der Waals surface area contributed by atoms with Crippen LogP contribution < -0.4 is 10.6 Å². The molecule has 5 rings (SSSR count). The number of nitrogens with one attached hydrogen (secondary N) is 2. The number of carbonyl (C=O) groups is 3. The van der Waals surface area contributed by atoms with Gasteiger partial charge in [0.25, 0.3) is 0 Å². The molecule has 0 unspecified atom stereocenters. The Morgan fingerprint density at radius 1 is 1.03 bits per heavy atom. The molecule has 3 N–H and O–H groups in total. The van der Waals surface area contributed by atoms with E-state index in [1.54, 1.807) is 0 Å². The SMILES string of the molecule is O=C(O)Cn1cc(NC(=O)C2(NC(=O)OCC3c4ccccc4-c4ccccc43)CCCC2)cn1. The molecule has 0 atom stereocenters. The van der Waals surface area contributed by atoms with Crippen molar-refractivity contribution in [2.24, 2.45) is 0 Å². The van der Waals surface area contributed by atoms with Gasteiger partial charge in [-0.2, -0.15) is 5.10 Å². The Bertz CT molecular complexity index is 1230. The molecule has 1 aromatic heterocycles. The fourth-order valence-corrected chi connectivity index (χ4v) is 5.12. The van der Waals surface area contributed by atoms with Gasteiger partial charge in [0, 0.05) is 12.1 Å². The van der Waals surface area contributed by atoms with Crippen molar-refractivity contribution in [1.29, 1.82) is 0 Å². The second kappa shape index (κ2) is 9.25. The number of ether oxygens (including phenoxy) is 1. The average Bonchev–Trinajstić information content (AvgIpc) is 3.56. The average molecular weight is 475 g/mol. The number of hydrogen-bond acceptors (Lipinski definition) is 5. The third-order valence-electron chi connectivity index (χ3n) is 6.77. The van der Waals surface area contributed by atoms with Crippen molar-refractivity contribution in [1.82, 2.24) is 15.1 Å². The summed E-state index contributed by atoms with van der Waals surface area (Å²) in [4.78, 5) is 36.9. The molecule has 3 aromatic rings. The Kier molecular flexibility index (Phi) is 5.98. The largest absolute Gasteiger partial charge is 0.480 e. The summed E-state index contributed by atoms with van der Waals surface area (Å²) in [6.07, 6.45) is 4.78. The zero-order valence-electron chi connectivity index (χ0n) is 19.1. The monoisotopic (exact) mass is 474 g/mol. The van der Waals surface area contributed by atoms with Gasteiger partial charge < -0.3 is 20.5 Å². The summed E-state index contributed by atoms with van der Waals surface area (Å²) < 4.78 is 6.88. The van der Waals surface area contributed by atoms with Crippen LogP contribution in [0.2, 0.25) is 0 Å². The van der Waals surface area contributed by atoms with Crippen LogP contribution in [0.15, 0.2) is 60.9 Å². The number of rotatable bonds is 7. The number of amides is 2. The number of aromatic nitrogens is 2. The van der Waals surface area contributed by atoms with E-state index in [0.29, 0.717) is 18.5 Å². The fourth-order valence-electron chi connectivity index (χ4n) is 5.12. The Balaban J connectivity index is 1.25. The van der Waals surface area contributed by atoms with E-state index in [1.807, 2.05) is 24.3 Å². The lowest BCUT2D eigenvalue weighted by Crippen LogP contribution is -2.55. The molecule has 180 valence electrons. The van der Waals surface area contributed by atoms with E-state index in [-0.39, 0.29) is 25.0 Å². The molecule has 0 aliphatic heterocycles. The number of benzene rings is 2. The molecule has 2 aliphatic rings. The van der Waals surface area contributed by atoms with Crippen LogP contribution in [-0.2, 0) is 20.9 Å². The molecule has 9 nitrogen and oxygen atoms in total. The van der Waals surface area contributed by atoms with Gasteiger partial charge in [-0.1, -0.05) is 61.4 Å². The number of carbonyl (C=O) groups excluding carboxylic acids is 2. The highest BCUT2D eigenvalue weighted by Gasteiger charge is 2.43. The third-order valence-corrected chi connectivity index (χ3v) is 6.77. The van der Waals surface area contributed by atoms with E-state index in [9.17, 15) is 14.4 Å². The van der Waals surface area contributed by atoms with Crippen LogP contribution in [0.5, 0.6) is 0 Å². The Hall–Kier alpha value is -4.14. The standard InChI is InChI=1S/C26H26N4O5/c31-23(32)15-30-14-17(13-27-30)28-24(33)26(11-5-6-12-26)29-25(34)35-16-22-20-9-3-1-7-18(20)19-8-2-4-10-21(19)22/h1-4,7-10,13-14,22H,5-6,11-12,15-16H2,(H,28,33)(H,29,34)(H,31,32). The zero-order valence-corrected chi connectivity index (χ0v) is 19.1. The molecule has 2 aromatic carbocycles. The summed E-state index contributed by atoms with van der Waals surface area (Å²) in [5, 5.41) is 18.4. The van der Waals surface area contributed by atoms with Crippen molar-refractivity contribution in [3.05, 3.63) is 72.1 Å². The summed E-state index contributed by atoms with van der Waals surface area (Å²) in [5.41, 5.74) is 3.81. The summed E-state index contributed by atoms with van der Waals surface area (Å²) in [6.45, 7) is -0.140. The molecule has 1 saturated carbocycles. The number of aliphatic carboxylic acids is 1. The molecule has 1 fully saturated rings. The first-order chi connectivity index (χ1) is 16.9. The van der Waals surface area contributed by atoms with Crippen molar-refractivity contribution in [2.75, 3.05) is 11.9 Å². The van der Waals surface area contributed by atoms with Gasteiger partial charge in [0.05, 0.1) is 11.9 Å². The van der Waals surface area contributed by atoms with Gasteiger partial charge in [-0.25, -0.2) is 4.79 Å². The van der Waals surface area contributed by atoms with Crippen molar-refractivity contribution >= 4 is 23.7 Å². The van der Waals surface area contributed by atoms with Gasteiger partial charge in [0.15, 0.2) is 0 Å². The summed E-state index contributed by atoms with van der Waals surface area (Å²) >= 11 is 0. The van der Waals surface area contributed by atoms with Gasteiger partial charge >= 0.3 is 12.1 Å². The molecule has 35 heavy (non-hydrogen) atoms.